The quantitative estimate of drug-likeness (QED) is 0.461. The number of nitrogens with zero attached hydrogens (tertiary/aromatic N) is 1. The maximum Gasteiger partial charge on any atom is 0.244 e. The van der Waals surface area contributed by atoms with Crippen LogP contribution in [-0.4, -0.2) is 46.9 Å². The van der Waals surface area contributed by atoms with Crippen LogP contribution in [0.25, 0.3) is 6.08 Å². The van der Waals surface area contributed by atoms with E-state index in [9.17, 15) is 4.79 Å². The third-order valence-corrected chi connectivity index (χ3v) is 4.52. The van der Waals surface area contributed by atoms with Gasteiger partial charge in [0.25, 0.3) is 0 Å². The third-order valence-electron chi connectivity index (χ3n) is 4.52. The van der Waals surface area contributed by atoms with Crippen LogP contribution in [0.5, 0.6) is 17.2 Å². The topological polar surface area (TPSA) is 60.0 Å². The average molecular weight is 399 g/mol. The van der Waals surface area contributed by atoms with E-state index in [-0.39, 0.29) is 5.91 Å². The first-order chi connectivity index (χ1) is 14.1. The Morgan fingerprint density at radius 3 is 2.24 bits per heavy atom. The molecule has 156 valence electrons. The summed E-state index contributed by atoms with van der Waals surface area (Å²) in [4.78, 5) is 14.4. The maximum atomic E-state index is 12.1. The number of hydrogen-bond acceptors (Lipinski definition) is 5. The van der Waals surface area contributed by atoms with E-state index < -0.39 is 0 Å². The fourth-order valence-corrected chi connectivity index (χ4v) is 3.02. The Kier molecular flexibility index (Phi) is 8.89. The van der Waals surface area contributed by atoms with E-state index in [1.54, 1.807) is 39.5 Å². The molecule has 0 saturated carbocycles. The van der Waals surface area contributed by atoms with Gasteiger partial charge in [-0.2, -0.15) is 0 Å². The molecule has 0 spiro atoms. The number of ether oxygens (including phenoxy) is 3. The Morgan fingerprint density at radius 1 is 1.03 bits per heavy atom. The van der Waals surface area contributed by atoms with E-state index in [4.69, 9.17) is 14.2 Å². The molecule has 29 heavy (non-hydrogen) atoms. The van der Waals surface area contributed by atoms with Crippen molar-refractivity contribution in [3.8, 4) is 17.2 Å². The molecule has 6 heteroatoms. The molecule has 0 atom stereocenters. The van der Waals surface area contributed by atoms with Gasteiger partial charge in [0, 0.05) is 31.4 Å². The zero-order valence-corrected chi connectivity index (χ0v) is 17.6. The number of carbonyl (C=O) groups excluding carboxylic acids is 1. The van der Waals surface area contributed by atoms with Crippen LogP contribution in [0.3, 0.4) is 0 Å². The number of carbonyl (C=O) groups is 1. The second-order valence-corrected chi connectivity index (χ2v) is 6.35. The van der Waals surface area contributed by atoms with Crippen LogP contribution >= 0.6 is 0 Å². The molecule has 0 aliphatic rings. The number of rotatable bonds is 11. The lowest BCUT2D eigenvalue weighted by atomic mass is 10.1. The lowest BCUT2D eigenvalue weighted by Gasteiger charge is -2.23. The first-order valence-electron chi connectivity index (χ1n) is 9.68. The summed E-state index contributed by atoms with van der Waals surface area (Å²) in [5.74, 6) is 1.48. The molecule has 0 heterocycles. The number of nitrogens with one attached hydrogen (secondary N) is 1. The van der Waals surface area contributed by atoms with Gasteiger partial charge < -0.3 is 24.4 Å². The van der Waals surface area contributed by atoms with Crippen molar-refractivity contribution in [3.05, 3.63) is 54.1 Å². The van der Waals surface area contributed by atoms with Gasteiger partial charge in [-0.3, -0.25) is 4.79 Å². The van der Waals surface area contributed by atoms with Crippen molar-refractivity contribution < 1.29 is 19.0 Å². The van der Waals surface area contributed by atoms with E-state index >= 15 is 0 Å². The molecule has 2 aromatic carbocycles. The van der Waals surface area contributed by atoms with Crippen LogP contribution in [0.2, 0.25) is 0 Å². The van der Waals surface area contributed by atoms with Gasteiger partial charge in [0.2, 0.25) is 11.7 Å². The standard InChI is InChI=1S/C23H30N2O4/c1-5-25(19-10-7-6-8-11-19)15-9-14-24-22(26)13-12-18-16-20(27-2)23(29-4)21(17-18)28-3/h6-8,10-13,16-17H,5,9,14-15H2,1-4H3,(H,24,26)/b13-12-. The Bertz CT molecular complexity index is 781. The minimum Gasteiger partial charge on any atom is -0.493 e. The molecule has 0 bridgehead atoms. The van der Waals surface area contributed by atoms with Crippen LogP contribution in [0, 0.1) is 0 Å². The molecule has 2 aromatic rings. The second-order valence-electron chi connectivity index (χ2n) is 6.35. The SMILES string of the molecule is CCN(CCCNC(=O)/C=C\c1cc(OC)c(OC)c(OC)c1)c1ccccc1. The Labute approximate surface area is 173 Å². The molecule has 0 aliphatic carbocycles. The van der Waals surface area contributed by atoms with Crippen molar-refractivity contribution in [3.63, 3.8) is 0 Å². The molecule has 0 saturated heterocycles. The molecule has 1 N–H and O–H groups in total. The molecule has 0 radical (unpaired) electrons. The van der Waals surface area contributed by atoms with Crippen LogP contribution in [0.4, 0.5) is 5.69 Å². The van der Waals surface area contributed by atoms with Crippen LogP contribution in [-0.2, 0) is 4.79 Å². The first kappa shape index (κ1) is 22.1. The highest BCUT2D eigenvalue weighted by molar-refractivity contribution is 5.91. The van der Waals surface area contributed by atoms with Gasteiger partial charge >= 0.3 is 0 Å². The molecular weight excluding hydrogens is 368 g/mol. The van der Waals surface area contributed by atoms with Gasteiger partial charge in [0.05, 0.1) is 21.3 Å². The van der Waals surface area contributed by atoms with Gasteiger partial charge in [-0.05, 0) is 49.2 Å². The minimum absolute atomic E-state index is 0.137. The first-order valence-corrected chi connectivity index (χ1v) is 9.68. The molecular formula is C23H30N2O4. The predicted octanol–water partition coefficient (Wildman–Crippen LogP) is 3.76. The number of benzene rings is 2. The summed E-state index contributed by atoms with van der Waals surface area (Å²) in [5.41, 5.74) is 1.99. The van der Waals surface area contributed by atoms with Crippen molar-refractivity contribution in [1.29, 1.82) is 0 Å². The Balaban J connectivity index is 1.87. The Morgan fingerprint density at radius 2 is 1.69 bits per heavy atom. The van der Waals surface area contributed by atoms with Crippen LogP contribution in [0.1, 0.15) is 18.9 Å². The number of anilines is 1. The smallest absolute Gasteiger partial charge is 0.244 e. The van der Waals surface area contributed by atoms with Crippen molar-refractivity contribution >= 4 is 17.7 Å². The summed E-state index contributed by atoms with van der Waals surface area (Å²) in [6, 6.07) is 13.9. The fraction of sp³-hybridized carbons (Fsp3) is 0.348. The number of hydrogen-bond donors (Lipinski definition) is 1. The van der Waals surface area contributed by atoms with E-state index in [0.717, 1.165) is 25.1 Å². The second kappa shape index (κ2) is 11.6. The van der Waals surface area contributed by atoms with Gasteiger partial charge in [0.1, 0.15) is 0 Å². The number of methoxy groups -OCH3 is 3. The summed E-state index contributed by atoms with van der Waals surface area (Å²) in [7, 11) is 4.68. The van der Waals surface area contributed by atoms with E-state index in [2.05, 4.69) is 29.3 Å². The third kappa shape index (κ3) is 6.45. The molecule has 0 aromatic heterocycles. The highest BCUT2D eigenvalue weighted by atomic mass is 16.5. The van der Waals surface area contributed by atoms with E-state index in [1.165, 1.54) is 11.8 Å². The minimum atomic E-state index is -0.137. The van der Waals surface area contributed by atoms with Crippen LogP contribution < -0.4 is 24.4 Å². The fourth-order valence-electron chi connectivity index (χ4n) is 3.02. The molecule has 0 aliphatic heterocycles. The average Bonchev–Trinajstić information content (AvgIpc) is 2.77. The van der Waals surface area contributed by atoms with E-state index in [0.29, 0.717) is 23.8 Å². The highest BCUT2D eigenvalue weighted by Crippen LogP contribution is 2.38. The zero-order valence-electron chi connectivity index (χ0n) is 17.6. The lowest BCUT2D eigenvalue weighted by Crippen LogP contribution is -2.29. The summed E-state index contributed by atoms with van der Waals surface area (Å²) >= 11 is 0. The normalized spacial score (nSPS) is 10.6. The largest absolute Gasteiger partial charge is 0.493 e. The van der Waals surface area contributed by atoms with Crippen molar-refractivity contribution in [1.82, 2.24) is 5.32 Å². The highest BCUT2D eigenvalue weighted by Gasteiger charge is 2.12. The summed E-state index contributed by atoms with van der Waals surface area (Å²) in [6.45, 7) is 4.56. The molecule has 0 fully saturated rings. The zero-order chi connectivity index (χ0) is 21.1. The van der Waals surface area contributed by atoms with Crippen LogP contribution in [0.15, 0.2) is 48.5 Å². The van der Waals surface area contributed by atoms with Crippen molar-refractivity contribution in [2.45, 2.75) is 13.3 Å². The van der Waals surface area contributed by atoms with Gasteiger partial charge in [-0.25, -0.2) is 0 Å². The summed E-state index contributed by atoms with van der Waals surface area (Å²) in [5, 5.41) is 2.92. The van der Waals surface area contributed by atoms with Gasteiger partial charge in [-0.1, -0.05) is 18.2 Å². The molecule has 1 amide bonds. The molecule has 2 rings (SSSR count). The van der Waals surface area contributed by atoms with Crippen molar-refractivity contribution in [2.24, 2.45) is 0 Å². The summed E-state index contributed by atoms with van der Waals surface area (Å²) < 4.78 is 16.0. The van der Waals surface area contributed by atoms with Crippen molar-refractivity contribution in [2.75, 3.05) is 45.9 Å². The Hall–Kier alpha value is -3.15. The lowest BCUT2D eigenvalue weighted by molar-refractivity contribution is -0.116. The van der Waals surface area contributed by atoms with Gasteiger partial charge in [-0.15, -0.1) is 0 Å². The monoisotopic (exact) mass is 398 g/mol. The number of para-hydroxylation sites is 1. The predicted molar refractivity (Wildman–Crippen MR) is 117 cm³/mol. The van der Waals surface area contributed by atoms with Gasteiger partial charge in [0.15, 0.2) is 11.5 Å². The summed E-state index contributed by atoms with van der Waals surface area (Å²) in [6.07, 6.45) is 4.10. The maximum absolute atomic E-state index is 12.1. The number of amides is 1. The van der Waals surface area contributed by atoms with E-state index in [1.807, 2.05) is 18.2 Å². The molecule has 0 unspecified atom stereocenters. The molecule has 6 nitrogen and oxygen atoms in total.